The van der Waals surface area contributed by atoms with Crippen molar-refractivity contribution in [1.29, 1.82) is 0 Å². The average molecular weight is 463 g/mol. The first kappa shape index (κ1) is 21.9. The topological polar surface area (TPSA) is 92.8 Å². The molecule has 3 rings (SSSR count). The fourth-order valence-electron chi connectivity index (χ4n) is 2.86. The van der Waals surface area contributed by atoms with Crippen molar-refractivity contribution in [2.24, 2.45) is 0 Å². The van der Waals surface area contributed by atoms with Gasteiger partial charge in [0, 0.05) is 12.8 Å². The van der Waals surface area contributed by atoms with Gasteiger partial charge in [0.2, 0.25) is 11.8 Å². The Morgan fingerprint density at radius 3 is 2.27 bits per heavy atom. The number of imide groups is 1. The molecule has 0 aromatic heterocycles. The molecule has 0 bridgehead atoms. The van der Waals surface area contributed by atoms with Gasteiger partial charge in [0.05, 0.1) is 29.1 Å². The molecule has 1 N–H and O–H groups in total. The molecule has 2 amide bonds. The quantitative estimate of drug-likeness (QED) is 0.682. The van der Waals surface area contributed by atoms with E-state index in [0.29, 0.717) is 12.1 Å². The number of anilines is 2. The van der Waals surface area contributed by atoms with E-state index < -0.39 is 44.2 Å². The van der Waals surface area contributed by atoms with Gasteiger partial charge in [-0.25, -0.2) is 8.42 Å². The first-order valence-electron chi connectivity index (χ1n) is 8.37. The summed E-state index contributed by atoms with van der Waals surface area (Å²) in [5, 5.41) is -0.258. The lowest BCUT2D eigenvalue weighted by Crippen LogP contribution is -2.28. The molecule has 1 fully saturated rings. The minimum Gasteiger partial charge on any atom is -0.495 e. The van der Waals surface area contributed by atoms with E-state index in [1.807, 2.05) is 4.72 Å². The second kappa shape index (κ2) is 7.80. The van der Waals surface area contributed by atoms with Crippen molar-refractivity contribution in [3.63, 3.8) is 0 Å². The highest BCUT2D eigenvalue weighted by atomic mass is 35.5. The summed E-state index contributed by atoms with van der Waals surface area (Å²) in [5.41, 5.74) is -1.59. The Labute approximate surface area is 174 Å². The van der Waals surface area contributed by atoms with Crippen molar-refractivity contribution < 1.29 is 35.9 Å². The van der Waals surface area contributed by atoms with E-state index in [1.54, 1.807) is 0 Å². The zero-order chi connectivity index (χ0) is 22.3. The number of ether oxygens (including phenoxy) is 1. The largest absolute Gasteiger partial charge is 0.495 e. The van der Waals surface area contributed by atoms with Gasteiger partial charge in [-0.3, -0.25) is 19.2 Å². The van der Waals surface area contributed by atoms with E-state index in [4.69, 9.17) is 16.3 Å². The molecular weight excluding hydrogens is 449 g/mol. The lowest BCUT2D eigenvalue weighted by atomic mass is 10.2. The number of methoxy groups -OCH3 is 1. The molecule has 1 aliphatic heterocycles. The van der Waals surface area contributed by atoms with Gasteiger partial charge in [-0.1, -0.05) is 11.6 Å². The van der Waals surface area contributed by atoms with Gasteiger partial charge in [0.1, 0.15) is 10.6 Å². The highest BCUT2D eigenvalue weighted by Gasteiger charge is 2.33. The number of hydrogen-bond acceptors (Lipinski definition) is 5. The summed E-state index contributed by atoms with van der Waals surface area (Å²) in [6.45, 7) is 0. The van der Waals surface area contributed by atoms with Crippen LogP contribution in [0.15, 0.2) is 41.3 Å². The molecule has 0 unspecified atom stereocenters. The van der Waals surface area contributed by atoms with Crippen LogP contribution in [0.3, 0.4) is 0 Å². The van der Waals surface area contributed by atoms with Crippen molar-refractivity contribution in [1.82, 2.24) is 0 Å². The fourth-order valence-corrected chi connectivity index (χ4v) is 4.34. The van der Waals surface area contributed by atoms with E-state index >= 15 is 0 Å². The first-order chi connectivity index (χ1) is 13.9. The number of carbonyl (C=O) groups excluding carboxylic acids is 2. The number of alkyl halides is 3. The molecule has 0 atom stereocenters. The van der Waals surface area contributed by atoms with Crippen LogP contribution in [0, 0.1) is 0 Å². The summed E-state index contributed by atoms with van der Waals surface area (Å²) in [7, 11) is -3.31. The van der Waals surface area contributed by atoms with Crippen molar-refractivity contribution in [3.8, 4) is 5.75 Å². The van der Waals surface area contributed by atoms with Crippen molar-refractivity contribution in [2.45, 2.75) is 23.9 Å². The third kappa shape index (κ3) is 4.21. The fraction of sp³-hybridized carbons (Fsp3) is 0.222. The van der Waals surface area contributed by atoms with Gasteiger partial charge in [-0.15, -0.1) is 0 Å². The molecule has 1 heterocycles. The summed E-state index contributed by atoms with van der Waals surface area (Å²) < 4.78 is 71.7. The van der Waals surface area contributed by atoms with Crippen molar-refractivity contribution in [3.05, 3.63) is 47.0 Å². The predicted molar refractivity (Wildman–Crippen MR) is 102 cm³/mol. The monoisotopic (exact) mass is 462 g/mol. The van der Waals surface area contributed by atoms with Gasteiger partial charge >= 0.3 is 6.18 Å². The normalized spacial score (nSPS) is 14.9. The average Bonchev–Trinajstić information content (AvgIpc) is 3.00. The number of benzene rings is 2. The second-order valence-corrected chi connectivity index (χ2v) is 8.31. The van der Waals surface area contributed by atoms with Crippen LogP contribution in [0.1, 0.15) is 18.4 Å². The maximum Gasteiger partial charge on any atom is 0.416 e. The number of amides is 2. The molecule has 12 heteroatoms. The molecule has 1 aliphatic rings. The van der Waals surface area contributed by atoms with Gasteiger partial charge in [0.25, 0.3) is 10.0 Å². The van der Waals surface area contributed by atoms with Crippen LogP contribution in [-0.4, -0.2) is 27.3 Å². The lowest BCUT2D eigenvalue weighted by molar-refractivity contribution is -0.137. The predicted octanol–water partition coefficient (Wildman–Crippen LogP) is 3.82. The van der Waals surface area contributed by atoms with Gasteiger partial charge in [-0.2, -0.15) is 13.2 Å². The Kier molecular flexibility index (Phi) is 5.70. The van der Waals surface area contributed by atoms with Crippen molar-refractivity contribution in [2.75, 3.05) is 16.7 Å². The van der Waals surface area contributed by atoms with Crippen LogP contribution in [0.25, 0.3) is 0 Å². The third-order valence-corrected chi connectivity index (χ3v) is 6.00. The lowest BCUT2D eigenvalue weighted by Gasteiger charge is -2.18. The molecule has 0 radical (unpaired) electrons. The molecule has 30 heavy (non-hydrogen) atoms. The highest BCUT2D eigenvalue weighted by molar-refractivity contribution is 7.92. The Bertz CT molecular complexity index is 1120. The SMILES string of the molecule is COc1ccc(N2C(=O)CCC2=O)cc1S(=O)(=O)Nc1cc(C(F)(F)F)ccc1Cl. The van der Waals surface area contributed by atoms with E-state index in [1.165, 1.54) is 19.2 Å². The molecule has 0 aliphatic carbocycles. The number of halogens is 4. The third-order valence-electron chi connectivity index (χ3n) is 4.28. The maximum atomic E-state index is 13.0. The summed E-state index contributed by atoms with van der Waals surface area (Å²) in [5.74, 6) is -1.14. The maximum absolute atomic E-state index is 13.0. The van der Waals surface area contributed by atoms with Crippen LogP contribution in [0.2, 0.25) is 5.02 Å². The molecule has 1 saturated heterocycles. The smallest absolute Gasteiger partial charge is 0.416 e. The van der Waals surface area contributed by atoms with Gasteiger partial charge in [0.15, 0.2) is 0 Å². The number of nitrogens with one attached hydrogen (secondary N) is 1. The van der Waals surface area contributed by atoms with Crippen LogP contribution in [0.4, 0.5) is 24.5 Å². The van der Waals surface area contributed by atoms with Gasteiger partial charge < -0.3 is 4.74 Å². The standard InChI is InChI=1S/C18H14ClF3N2O5S/c1-29-14-5-3-11(24-16(25)6-7-17(24)26)9-15(14)30(27,28)23-13-8-10(18(20,21)22)2-4-12(13)19/h2-5,8-9,23H,6-7H2,1H3. The van der Waals surface area contributed by atoms with Crippen LogP contribution >= 0.6 is 11.6 Å². The Balaban J connectivity index is 2.05. The van der Waals surface area contributed by atoms with Crippen LogP contribution in [-0.2, 0) is 25.8 Å². The number of sulfonamides is 1. The highest BCUT2D eigenvalue weighted by Crippen LogP contribution is 2.36. The van der Waals surface area contributed by atoms with Crippen LogP contribution in [0.5, 0.6) is 5.75 Å². The Morgan fingerprint density at radius 2 is 1.70 bits per heavy atom. The number of carbonyl (C=O) groups is 2. The number of rotatable bonds is 5. The molecule has 0 spiro atoms. The van der Waals surface area contributed by atoms with Gasteiger partial charge in [-0.05, 0) is 36.4 Å². The van der Waals surface area contributed by atoms with E-state index in [-0.39, 0.29) is 29.3 Å². The van der Waals surface area contributed by atoms with E-state index in [9.17, 15) is 31.2 Å². The zero-order valence-electron chi connectivity index (χ0n) is 15.3. The van der Waals surface area contributed by atoms with Crippen LogP contribution < -0.4 is 14.4 Å². The number of hydrogen-bond donors (Lipinski definition) is 1. The van der Waals surface area contributed by atoms with Crippen molar-refractivity contribution >= 4 is 44.8 Å². The first-order valence-corrected chi connectivity index (χ1v) is 10.2. The van der Waals surface area contributed by atoms with E-state index in [2.05, 4.69) is 0 Å². The Morgan fingerprint density at radius 1 is 1.07 bits per heavy atom. The molecule has 2 aromatic rings. The summed E-state index contributed by atoms with van der Waals surface area (Å²) >= 11 is 5.86. The molecular formula is C18H14ClF3N2O5S. The minimum absolute atomic E-state index is 0.00110. The molecule has 2 aromatic carbocycles. The van der Waals surface area contributed by atoms with E-state index in [0.717, 1.165) is 17.0 Å². The zero-order valence-corrected chi connectivity index (χ0v) is 16.9. The minimum atomic E-state index is -4.71. The number of nitrogens with zero attached hydrogens (tertiary/aromatic N) is 1. The summed E-state index contributed by atoms with van der Waals surface area (Å²) in [6, 6.07) is 5.78. The second-order valence-electron chi connectivity index (χ2n) is 6.26. The summed E-state index contributed by atoms with van der Waals surface area (Å²) in [6.07, 6.45) is -4.73. The molecule has 7 nitrogen and oxygen atoms in total. The molecule has 160 valence electrons. The Hall–Kier alpha value is -2.79. The summed E-state index contributed by atoms with van der Waals surface area (Å²) in [4.78, 5) is 24.3. The molecule has 0 saturated carbocycles.